The normalized spacial score (nSPS) is 11.4. The van der Waals surface area contributed by atoms with Gasteiger partial charge in [0.05, 0.1) is 21.5 Å². The van der Waals surface area contributed by atoms with E-state index in [0.29, 0.717) is 6.20 Å². The minimum atomic E-state index is -4.54. The van der Waals surface area contributed by atoms with Crippen LogP contribution in [0.1, 0.15) is 5.56 Å². The molecule has 0 spiro atoms. The molecule has 0 fully saturated rings. The summed E-state index contributed by atoms with van der Waals surface area (Å²) in [5.74, 6) is 0.00932. The van der Waals surface area contributed by atoms with E-state index in [1.807, 2.05) is 0 Å². The highest BCUT2D eigenvalue weighted by Crippen LogP contribution is 2.37. The van der Waals surface area contributed by atoms with Crippen molar-refractivity contribution < 1.29 is 23.0 Å². The number of hydrogen-bond acceptors (Lipinski definition) is 9. The van der Waals surface area contributed by atoms with Crippen molar-refractivity contribution in [1.29, 1.82) is 0 Å². The molecular formula is C14H6F3N5O4S2. The topological polar surface area (TPSA) is 124 Å². The number of hydrogen-bond donors (Lipinski definition) is 1. The van der Waals surface area contributed by atoms with Crippen molar-refractivity contribution in [3.8, 4) is 0 Å². The number of pyridine rings is 1. The Labute approximate surface area is 161 Å². The summed E-state index contributed by atoms with van der Waals surface area (Å²) in [5, 5.41) is 25.0. The van der Waals surface area contributed by atoms with Gasteiger partial charge in [-0.3, -0.25) is 20.2 Å². The van der Waals surface area contributed by atoms with Gasteiger partial charge in [0.1, 0.15) is 15.2 Å². The molecular weight excluding hydrogens is 423 g/mol. The summed E-state index contributed by atoms with van der Waals surface area (Å²) < 4.78 is 37.7. The van der Waals surface area contributed by atoms with Gasteiger partial charge in [-0.1, -0.05) is 23.6 Å². The van der Waals surface area contributed by atoms with E-state index in [4.69, 9.17) is 12.2 Å². The van der Waals surface area contributed by atoms with Crippen LogP contribution in [-0.2, 0) is 6.18 Å². The maximum Gasteiger partial charge on any atom is 0.417 e. The van der Waals surface area contributed by atoms with Gasteiger partial charge in [-0.25, -0.2) is 9.97 Å². The number of non-ortho nitro benzene ring substituents is 2. The van der Waals surface area contributed by atoms with Crippen molar-refractivity contribution in [3.05, 3.63) is 60.9 Å². The second-order valence-electron chi connectivity index (χ2n) is 5.23. The third-order valence-electron chi connectivity index (χ3n) is 3.42. The molecule has 2 aromatic heterocycles. The summed E-state index contributed by atoms with van der Waals surface area (Å²) >= 11 is 5.83. The third kappa shape index (κ3) is 3.86. The molecule has 144 valence electrons. The van der Waals surface area contributed by atoms with Gasteiger partial charge < -0.3 is 5.32 Å². The molecule has 0 aliphatic heterocycles. The molecule has 0 aliphatic carbocycles. The van der Waals surface area contributed by atoms with Crippen molar-refractivity contribution in [3.63, 3.8) is 0 Å². The number of benzene rings is 1. The second kappa shape index (κ2) is 7.05. The van der Waals surface area contributed by atoms with Gasteiger partial charge in [-0.2, -0.15) is 13.2 Å². The fourth-order valence-corrected chi connectivity index (χ4v) is 3.54. The van der Waals surface area contributed by atoms with E-state index in [1.165, 1.54) is 0 Å². The molecule has 0 saturated carbocycles. The molecule has 1 aromatic carbocycles. The van der Waals surface area contributed by atoms with Gasteiger partial charge in [-0.05, 0) is 12.1 Å². The van der Waals surface area contributed by atoms with Crippen LogP contribution in [0.2, 0.25) is 0 Å². The first-order valence-corrected chi connectivity index (χ1v) is 8.36. The number of nitro benzene ring substituents is 2. The monoisotopic (exact) mass is 429 g/mol. The van der Waals surface area contributed by atoms with Gasteiger partial charge in [0.25, 0.3) is 11.4 Å². The van der Waals surface area contributed by atoms with E-state index in [1.54, 1.807) is 0 Å². The molecule has 0 unspecified atom stereocenters. The van der Waals surface area contributed by atoms with Crippen molar-refractivity contribution >= 4 is 56.0 Å². The van der Waals surface area contributed by atoms with Gasteiger partial charge in [0.15, 0.2) is 5.13 Å². The van der Waals surface area contributed by atoms with Gasteiger partial charge in [0.2, 0.25) is 0 Å². The number of fused-ring (bicyclic) bond motifs is 1. The van der Waals surface area contributed by atoms with Crippen LogP contribution >= 0.6 is 23.6 Å². The third-order valence-corrected chi connectivity index (χ3v) is 4.75. The summed E-state index contributed by atoms with van der Waals surface area (Å²) in [6.07, 6.45) is -3.92. The first kappa shape index (κ1) is 19.5. The Morgan fingerprint density at radius 2 is 1.86 bits per heavy atom. The Morgan fingerprint density at radius 1 is 1.14 bits per heavy atom. The number of anilines is 2. The van der Waals surface area contributed by atoms with Crippen molar-refractivity contribution in [2.24, 2.45) is 0 Å². The first-order valence-electron chi connectivity index (χ1n) is 7.14. The highest BCUT2D eigenvalue weighted by Gasteiger charge is 2.30. The van der Waals surface area contributed by atoms with Crippen LogP contribution in [0.25, 0.3) is 10.1 Å². The molecule has 3 aromatic rings. The lowest BCUT2D eigenvalue weighted by molar-refractivity contribution is -0.392. The van der Waals surface area contributed by atoms with Crippen molar-refractivity contribution in [1.82, 2.24) is 9.97 Å². The van der Waals surface area contributed by atoms with E-state index in [-0.39, 0.29) is 25.7 Å². The average molecular weight is 429 g/mol. The maximum atomic E-state index is 12.6. The lowest BCUT2D eigenvalue weighted by Crippen LogP contribution is -2.06. The lowest BCUT2D eigenvalue weighted by atomic mass is 10.2. The quantitative estimate of drug-likeness (QED) is 0.349. The minimum Gasteiger partial charge on any atom is -0.316 e. The zero-order valence-electron chi connectivity index (χ0n) is 13.3. The number of nitrogens with zero attached hydrogens (tertiary/aromatic N) is 4. The molecule has 14 heteroatoms. The predicted octanol–water partition coefficient (Wildman–Crippen LogP) is 5.00. The van der Waals surface area contributed by atoms with Crippen LogP contribution in [0.4, 0.5) is 35.5 Å². The standard InChI is InChI=1S/C14H6F3N5O4S2/c15-14(16,17)6-1-2-10(18-5-6)19-13-20-12(27)8-3-7(21(23)24)4-9(22(25)26)11(8)28-13/h1-5H,(H,18,19,20,27). The van der Waals surface area contributed by atoms with E-state index < -0.39 is 33.0 Å². The Kier molecular flexibility index (Phi) is 4.91. The summed E-state index contributed by atoms with van der Waals surface area (Å²) in [6, 6.07) is 3.75. The molecule has 0 aliphatic rings. The zero-order chi connectivity index (χ0) is 20.6. The SMILES string of the molecule is O=[N+]([O-])c1cc([N+](=O)[O-])c2sc(Nc3ccc(C(F)(F)F)cn3)nc(=S)c2c1. The molecule has 0 atom stereocenters. The Hall–Kier alpha value is -3.26. The van der Waals surface area contributed by atoms with Crippen LogP contribution in [0.5, 0.6) is 0 Å². The van der Waals surface area contributed by atoms with Crippen LogP contribution < -0.4 is 5.32 Å². The molecule has 28 heavy (non-hydrogen) atoms. The number of rotatable bonds is 4. The van der Waals surface area contributed by atoms with E-state index in [9.17, 15) is 33.4 Å². The van der Waals surface area contributed by atoms with Gasteiger partial charge in [0, 0.05) is 17.6 Å². The average Bonchev–Trinajstić information content (AvgIpc) is 2.60. The maximum absolute atomic E-state index is 12.6. The number of nitro groups is 2. The molecule has 3 rings (SSSR count). The molecule has 0 radical (unpaired) electrons. The predicted molar refractivity (Wildman–Crippen MR) is 96.3 cm³/mol. The molecule has 0 saturated heterocycles. The molecule has 1 N–H and O–H groups in total. The van der Waals surface area contributed by atoms with E-state index in [2.05, 4.69) is 15.3 Å². The summed E-state index contributed by atoms with van der Waals surface area (Å²) in [4.78, 5) is 28.3. The summed E-state index contributed by atoms with van der Waals surface area (Å²) in [6.45, 7) is 0. The number of alkyl halides is 3. The molecule has 2 heterocycles. The van der Waals surface area contributed by atoms with E-state index in [0.717, 1.165) is 35.6 Å². The Morgan fingerprint density at radius 3 is 2.39 bits per heavy atom. The molecule has 9 nitrogen and oxygen atoms in total. The second-order valence-corrected chi connectivity index (χ2v) is 6.62. The van der Waals surface area contributed by atoms with Crippen LogP contribution in [0, 0.1) is 24.9 Å². The summed E-state index contributed by atoms with van der Waals surface area (Å²) in [5.41, 5.74) is -1.99. The highest BCUT2D eigenvalue weighted by molar-refractivity contribution is 7.71. The molecule has 0 bridgehead atoms. The van der Waals surface area contributed by atoms with Crippen molar-refractivity contribution in [2.75, 3.05) is 5.32 Å². The number of halogens is 3. The van der Waals surface area contributed by atoms with Gasteiger partial charge >= 0.3 is 6.18 Å². The smallest absolute Gasteiger partial charge is 0.316 e. The number of aromatic nitrogens is 2. The van der Waals surface area contributed by atoms with E-state index >= 15 is 0 Å². The first-order chi connectivity index (χ1) is 13.1. The lowest BCUT2D eigenvalue weighted by Gasteiger charge is -2.08. The minimum absolute atomic E-state index is 0.00932. The largest absolute Gasteiger partial charge is 0.417 e. The van der Waals surface area contributed by atoms with Crippen LogP contribution in [0.3, 0.4) is 0 Å². The highest BCUT2D eigenvalue weighted by atomic mass is 32.1. The Bertz CT molecular complexity index is 1160. The molecule has 0 amide bonds. The fourth-order valence-electron chi connectivity index (χ4n) is 2.18. The summed E-state index contributed by atoms with van der Waals surface area (Å²) in [7, 11) is 0. The van der Waals surface area contributed by atoms with Gasteiger partial charge in [-0.15, -0.1) is 0 Å². The zero-order valence-corrected chi connectivity index (χ0v) is 14.9. The number of nitrogens with one attached hydrogen (secondary N) is 1. The Balaban J connectivity index is 2.07. The van der Waals surface area contributed by atoms with Crippen LogP contribution in [-0.4, -0.2) is 19.8 Å². The van der Waals surface area contributed by atoms with Crippen molar-refractivity contribution in [2.45, 2.75) is 6.18 Å². The fraction of sp³-hybridized carbons (Fsp3) is 0.0714. The van der Waals surface area contributed by atoms with Crippen LogP contribution in [0.15, 0.2) is 30.5 Å².